The first-order valence-electron chi connectivity index (χ1n) is 12.4. The summed E-state index contributed by atoms with van der Waals surface area (Å²) in [5.41, 5.74) is 3.61. The zero-order valence-electron chi connectivity index (χ0n) is 20.9. The van der Waals surface area contributed by atoms with Crippen molar-refractivity contribution in [2.75, 3.05) is 44.0 Å². The Morgan fingerprint density at radius 1 is 0.973 bits per heavy atom. The van der Waals surface area contributed by atoms with E-state index in [-0.39, 0.29) is 17.2 Å². The van der Waals surface area contributed by atoms with Gasteiger partial charge in [0.05, 0.1) is 36.4 Å². The minimum absolute atomic E-state index is 0.0166. The number of morpholine rings is 1. The van der Waals surface area contributed by atoms with Gasteiger partial charge in [-0.05, 0) is 29.3 Å². The molecule has 1 amide bonds. The number of carbonyl (C=O) groups excluding carboxylic acids is 1. The van der Waals surface area contributed by atoms with Crippen molar-refractivity contribution >= 4 is 34.3 Å². The Kier molecular flexibility index (Phi) is 7.87. The van der Waals surface area contributed by atoms with Gasteiger partial charge in [0.1, 0.15) is 0 Å². The summed E-state index contributed by atoms with van der Waals surface area (Å²) in [6.07, 6.45) is 0. The van der Waals surface area contributed by atoms with Gasteiger partial charge in [0.25, 0.3) is 5.56 Å². The summed E-state index contributed by atoms with van der Waals surface area (Å²) in [5, 5.41) is 1.12. The number of anilines is 1. The first kappa shape index (κ1) is 25.0. The van der Waals surface area contributed by atoms with E-state index in [9.17, 15) is 9.59 Å². The topological polar surface area (TPSA) is 67.7 Å². The van der Waals surface area contributed by atoms with Crippen LogP contribution in [0.25, 0.3) is 10.9 Å². The summed E-state index contributed by atoms with van der Waals surface area (Å²) in [6, 6.07) is 25.6. The largest absolute Gasteiger partial charge is 0.378 e. The number of aromatic nitrogens is 2. The number of carbonyl (C=O) groups is 1. The van der Waals surface area contributed by atoms with Crippen LogP contribution in [0.3, 0.4) is 0 Å². The van der Waals surface area contributed by atoms with Gasteiger partial charge in [0, 0.05) is 32.4 Å². The highest BCUT2D eigenvalue weighted by Crippen LogP contribution is 2.24. The average molecular weight is 515 g/mol. The van der Waals surface area contributed by atoms with Crippen LogP contribution in [0, 0.1) is 0 Å². The van der Waals surface area contributed by atoms with Gasteiger partial charge in [0.15, 0.2) is 5.16 Å². The molecule has 7 nitrogen and oxygen atoms in total. The molecule has 1 saturated heterocycles. The van der Waals surface area contributed by atoms with Crippen molar-refractivity contribution in [3.8, 4) is 0 Å². The Hall–Kier alpha value is -3.62. The normalized spacial score (nSPS) is 13.6. The van der Waals surface area contributed by atoms with Gasteiger partial charge in [-0.2, -0.15) is 0 Å². The van der Waals surface area contributed by atoms with Crippen molar-refractivity contribution in [1.82, 2.24) is 14.5 Å². The molecule has 1 aliphatic heterocycles. The van der Waals surface area contributed by atoms with Crippen LogP contribution < -0.4 is 10.5 Å². The maximum absolute atomic E-state index is 13.8. The average Bonchev–Trinajstić information content (AvgIpc) is 2.95. The van der Waals surface area contributed by atoms with E-state index in [4.69, 9.17) is 9.72 Å². The SMILES string of the molecule is CN(Cc1ccccc1)C(=O)CSc1nc2ccc(N3CCOCC3)cc2c(=O)n1Cc1ccccc1. The molecule has 190 valence electrons. The van der Waals surface area contributed by atoms with E-state index in [2.05, 4.69) is 4.90 Å². The molecule has 37 heavy (non-hydrogen) atoms. The van der Waals surface area contributed by atoms with Crippen LogP contribution in [0.15, 0.2) is 88.8 Å². The highest BCUT2D eigenvalue weighted by molar-refractivity contribution is 7.99. The fourth-order valence-corrected chi connectivity index (χ4v) is 5.34. The summed E-state index contributed by atoms with van der Waals surface area (Å²) in [4.78, 5) is 35.5. The molecule has 0 spiro atoms. The summed E-state index contributed by atoms with van der Waals surface area (Å²) < 4.78 is 7.17. The quantitative estimate of drug-likeness (QED) is 0.261. The van der Waals surface area contributed by atoms with Gasteiger partial charge >= 0.3 is 0 Å². The Bertz CT molecular complexity index is 1420. The molecule has 1 aliphatic rings. The Balaban J connectivity index is 1.43. The van der Waals surface area contributed by atoms with Crippen molar-refractivity contribution in [3.05, 3.63) is 100 Å². The number of amides is 1. The third kappa shape index (κ3) is 6.03. The molecule has 0 atom stereocenters. The summed E-state index contributed by atoms with van der Waals surface area (Å²) >= 11 is 1.31. The van der Waals surface area contributed by atoms with Crippen molar-refractivity contribution in [1.29, 1.82) is 0 Å². The molecule has 0 saturated carbocycles. The molecule has 5 rings (SSSR count). The lowest BCUT2D eigenvalue weighted by atomic mass is 10.2. The molecule has 0 unspecified atom stereocenters. The molecule has 8 heteroatoms. The summed E-state index contributed by atoms with van der Waals surface area (Å²) in [6.45, 7) is 3.87. The van der Waals surface area contributed by atoms with E-state index < -0.39 is 0 Å². The first-order chi connectivity index (χ1) is 18.1. The predicted molar refractivity (Wildman–Crippen MR) is 148 cm³/mol. The zero-order chi connectivity index (χ0) is 25.6. The molecular formula is C29H30N4O3S. The number of rotatable bonds is 8. The van der Waals surface area contributed by atoms with Gasteiger partial charge in [-0.1, -0.05) is 72.4 Å². The highest BCUT2D eigenvalue weighted by atomic mass is 32.2. The van der Waals surface area contributed by atoms with Crippen molar-refractivity contribution in [2.24, 2.45) is 0 Å². The summed E-state index contributed by atoms with van der Waals surface area (Å²) in [7, 11) is 1.80. The monoisotopic (exact) mass is 514 g/mol. The van der Waals surface area contributed by atoms with Crippen LogP contribution in [-0.4, -0.2) is 59.5 Å². The predicted octanol–water partition coefficient (Wildman–Crippen LogP) is 4.03. The van der Waals surface area contributed by atoms with Crippen molar-refractivity contribution in [2.45, 2.75) is 18.2 Å². The first-order valence-corrected chi connectivity index (χ1v) is 13.4. The molecule has 3 aromatic carbocycles. The van der Waals surface area contributed by atoms with Crippen LogP contribution in [0.5, 0.6) is 0 Å². The minimum Gasteiger partial charge on any atom is -0.378 e. The van der Waals surface area contributed by atoms with Gasteiger partial charge in [0.2, 0.25) is 5.91 Å². The lowest BCUT2D eigenvalue weighted by Gasteiger charge is -2.29. The Morgan fingerprint density at radius 3 is 2.35 bits per heavy atom. The van der Waals surface area contributed by atoms with Gasteiger partial charge < -0.3 is 14.5 Å². The minimum atomic E-state index is -0.100. The van der Waals surface area contributed by atoms with E-state index >= 15 is 0 Å². The zero-order valence-corrected chi connectivity index (χ0v) is 21.7. The molecule has 0 aliphatic carbocycles. The molecule has 4 aromatic rings. The van der Waals surface area contributed by atoms with Gasteiger partial charge in [-0.3, -0.25) is 14.2 Å². The second-order valence-corrected chi connectivity index (χ2v) is 10.0. The maximum atomic E-state index is 13.8. The third-order valence-electron chi connectivity index (χ3n) is 6.48. The number of hydrogen-bond donors (Lipinski definition) is 0. The van der Waals surface area contributed by atoms with Crippen molar-refractivity contribution < 1.29 is 9.53 Å². The summed E-state index contributed by atoms with van der Waals surface area (Å²) in [5.74, 6) is 0.180. The molecular weight excluding hydrogens is 484 g/mol. The third-order valence-corrected chi connectivity index (χ3v) is 7.44. The lowest BCUT2D eigenvalue weighted by Crippen LogP contribution is -2.36. The maximum Gasteiger partial charge on any atom is 0.262 e. The molecule has 0 radical (unpaired) electrons. The molecule has 2 heterocycles. The van der Waals surface area contributed by atoms with Crippen LogP contribution in [0.2, 0.25) is 0 Å². The highest BCUT2D eigenvalue weighted by Gasteiger charge is 2.18. The smallest absolute Gasteiger partial charge is 0.262 e. The van der Waals surface area contributed by atoms with Crippen LogP contribution in [0.1, 0.15) is 11.1 Å². The molecule has 1 fully saturated rings. The molecule has 0 N–H and O–H groups in total. The Morgan fingerprint density at radius 2 is 1.65 bits per heavy atom. The lowest BCUT2D eigenvalue weighted by molar-refractivity contribution is -0.127. The standard InChI is InChI=1S/C29H30N4O3S/c1-31(19-22-8-4-2-5-9-22)27(34)21-37-29-30-26-13-12-24(32-14-16-36-17-15-32)18-25(26)28(35)33(29)20-23-10-6-3-7-11-23/h2-13,18H,14-17,19-21H2,1H3. The van der Waals surface area contributed by atoms with Gasteiger partial charge in [-0.25, -0.2) is 4.98 Å². The van der Waals surface area contributed by atoms with E-state index in [0.29, 0.717) is 42.4 Å². The number of benzene rings is 3. The van der Waals surface area contributed by atoms with E-state index in [1.165, 1.54) is 11.8 Å². The van der Waals surface area contributed by atoms with E-state index in [1.54, 1.807) is 16.5 Å². The van der Waals surface area contributed by atoms with E-state index in [1.807, 2.05) is 78.9 Å². The number of thioether (sulfide) groups is 1. The molecule has 1 aromatic heterocycles. The molecule has 0 bridgehead atoms. The van der Waals surface area contributed by atoms with Crippen LogP contribution >= 0.6 is 11.8 Å². The van der Waals surface area contributed by atoms with Crippen LogP contribution in [-0.2, 0) is 22.6 Å². The van der Waals surface area contributed by atoms with Gasteiger partial charge in [-0.15, -0.1) is 0 Å². The van der Waals surface area contributed by atoms with E-state index in [0.717, 1.165) is 29.9 Å². The number of ether oxygens (including phenoxy) is 1. The van der Waals surface area contributed by atoms with Crippen molar-refractivity contribution in [3.63, 3.8) is 0 Å². The fraction of sp³-hybridized carbons (Fsp3) is 0.276. The second-order valence-electron chi connectivity index (χ2n) is 9.10. The van der Waals surface area contributed by atoms with Crippen LogP contribution in [0.4, 0.5) is 5.69 Å². The number of hydrogen-bond acceptors (Lipinski definition) is 6. The number of nitrogens with zero attached hydrogens (tertiary/aromatic N) is 4. The number of fused-ring (bicyclic) bond motifs is 1. The Labute approximate surface area is 220 Å². The fourth-order valence-electron chi connectivity index (χ4n) is 4.40. The second kappa shape index (κ2) is 11.6.